The summed E-state index contributed by atoms with van der Waals surface area (Å²) in [6, 6.07) is 23.7. The van der Waals surface area contributed by atoms with E-state index in [1.165, 1.54) is 35.2 Å². The van der Waals surface area contributed by atoms with E-state index < -0.39 is 40.0 Å². The van der Waals surface area contributed by atoms with E-state index in [0.717, 1.165) is 15.4 Å². The molecule has 47 heavy (non-hydrogen) atoms. The van der Waals surface area contributed by atoms with Crippen LogP contribution in [0.1, 0.15) is 37.5 Å². The Hall–Kier alpha value is -3.27. The Morgan fingerprint density at radius 3 is 1.98 bits per heavy atom. The fourth-order valence-corrected chi connectivity index (χ4v) is 7.08. The van der Waals surface area contributed by atoms with Crippen molar-refractivity contribution in [3.63, 3.8) is 0 Å². The molecule has 0 saturated carbocycles. The molecule has 0 heterocycles. The summed E-state index contributed by atoms with van der Waals surface area (Å²) < 4.78 is 29.4. The fourth-order valence-electron chi connectivity index (χ4n) is 4.87. The quantitative estimate of drug-likeness (QED) is 0.168. The molecule has 4 rings (SSSR count). The first-order chi connectivity index (χ1) is 22.1. The molecule has 1 atom stereocenters. The summed E-state index contributed by atoms with van der Waals surface area (Å²) in [6.45, 7) is 6.49. The van der Waals surface area contributed by atoms with Crippen LogP contribution < -0.4 is 9.62 Å². The third kappa shape index (κ3) is 9.42. The number of amides is 2. The topological polar surface area (TPSA) is 86.8 Å². The number of benzene rings is 4. The molecule has 12 heteroatoms. The first-order valence-electron chi connectivity index (χ1n) is 14.7. The molecule has 1 N–H and O–H groups in total. The predicted octanol–water partition coefficient (Wildman–Crippen LogP) is 8.36. The van der Waals surface area contributed by atoms with Crippen molar-refractivity contribution in [1.82, 2.24) is 10.2 Å². The third-order valence-electron chi connectivity index (χ3n) is 7.24. The molecule has 0 unspecified atom stereocenters. The van der Waals surface area contributed by atoms with Crippen molar-refractivity contribution < 1.29 is 18.0 Å². The van der Waals surface area contributed by atoms with Gasteiger partial charge in [0.1, 0.15) is 12.6 Å². The lowest BCUT2D eigenvalue weighted by Gasteiger charge is -2.35. The normalized spacial score (nSPS) is 12.3. The van der Waals surface area contributed by atoms with Gasteiger partial charge in [-0.05, 0) is 75.7 Å². The standard InChI is InChI=1S/C35H35Cl4N3O4S/c1-23-13-16-26(17-14-23)47(45,46)42(25-15-18-30(38)31(39)20-25)22-33(43)41(21-27-28(36)11-8-12-29(27)37)32(34(44)40-35(2,3)4)19-24-9-6-5-7-10-24/h5-18,20,32H,19,21-22H2,1-4H3,(H,40,44)/t32-/m1/s1. The lowest BCUT2D eigenvalue weighted by Crippen LogP contribution is -2.56. The Morgan fingerprint density at radius 1 is 0.787 bits per heavy atom. The highest BCUT2D eigenvalue weighted by Crippen LogP contribution is 2.32. The summed E-state index contributed by atoms with van der Waals surface area (Å²) in [6.07, 6.45) is 0.133. The first kappa shape index (κ1) is 36.6. The van der Waals surface area contributed by atoms with Crippen molar-refractivity contribution in [2.45, 2.75) is 57.1 Å². The van der Waals surface area contributed by atoms with Gasteiger partial charge in [-0.15, -0.1) is 0 Å². The summed E-state index contributed by atoms with van der Waals surface area (Å²) in [4.78, 5) is 30.0. The zero-order valence-electron chi connectivity index (χ0n) is 26.3. The predicted molar refractivity (Wildman–Crippen MR) is 191 cm³/mol. The minimum absolute atomic E-state index is 0.0334. The largest absolute Gasteiger partial charge is 0.350 e. The summed E-state index contributed by atoms with van der Waals surface area (Å²) >= 11 is 25.6. The van der Waals surface area contributed by atoms with Crippen LogP contribution in [0.15, 0.2) is 95.9 Å². The molecule has 0 bridgehead atoms. The smallest absolute Gasteiger partial charge is 0.264 e. The number of anilines is 1. The Morgan fingerprint density at radius 2 is 1.40 bits per heavy atom. The van der Waals surface area contributed by atoms with Crippen molar-refractivity contribution in [3.8, 4) is 0 Å². The van der Waals surface area contributed by atoms with Crippen molar-refractivity contribution in [1.29, 1.82) is 0 Å². The average Bonchev–Trinajstić information content (AvgIpc) is 3.00. The summed E-state index contributed by atoms with van der Waals surface area (Å²) in [7, 11) is -4.32. The van der Waals surface area contributed by atoms with Crippen molar-refractivity contribution in [2.75, 3.05) is 10.8 Å². The Kier molecular flexibility index (Phi) is 11.9. The first-order valence-corrected chi connectivity index (χ1v) is 17.6. The van der Waals surface area contributed by atoms with Crippen LogP contribution in [-0.4, -0.2) is 43.3 Å². The van der Waals surface area contributed by atoms with Crippen molar-refractivity contribution in [3.05, 3.63) is 128 Å². The van der Waals surface area contributed by atoms with Crippen LogP contribution in [0.25, 0.3) is 0 Å². The van der Waals surface area contributed by atoms with E-state index in [1.807, 2.05) is 58.0 Å². The molecule has 0 aliphatic carbocycles. The SMILES string of the molecule is Cc1ccc(S(=O)(=O)N(CC(=O)N(Cc2c(Cl)cccc2Cl)[C@H](Cc2ccccc2)C(=O)NC(C)(C)C)c2ccc(Cl)c(Cl)c2)cc1. The Labute approximate surface area is 296 Å². The number of nitrogens with one attached hydrogen (secondary N) is 1. The summed E-state index contributed by atoms with van der Waals surface area (Å²) in [5, 5.41) is 3.89. The number of carbonyl (C=O) groups excluding carboxylic acids is 2. The molecule has 0 radical (unpaired) electrons. The highest BCUT2D eigenvalue weighted by atomic mass is 35.5. The highest BCUT2D eigenvalue weighted by Gasteiger charge is 2.36. The minimum atomic E-state index is -4.32. The monoisotopic (exact) mass is 733 g/mol. The molecule has 7 nitrogen and oxygen atoms in total. The van der Waals surface area contributed by atoms with Crippen molar-refractivity contribution >= 4 is 73.9 Å². The number of carbonyl (C=O) groups is 2. The zero-order chi connectivity index (χ0) is 34.5. The van der Waals surface area contributed by atoms with E-state index in [9.17, 15) is 18.0 Å². The third-order valence-corrected chi connectivity index (χ3v) is 10.5. The van der Waals surface area contributed by atoms with E-state index >= 15 is 0 Å². The van der Waals surface area contributed by atoms with Gasteiger partial charge in [-0.1, -0.05) is 100 Å². The molecule has 4 aromatic carbocycles. The van der Waals surface area contributed by atoms with Gasteiger partial charge in [0.2, 0.25) is 11.8 Å². The van der Waals surface area contributed by atoms with Gasteiger partial charge in [0.05, 0.1) is 20.6 Å². The molecule has 0 aromatic heterocycles. The number of nitrogens with zero attached hydrogens (tertiary/aromatic N) is 2. The summed E-state index contributed by atoms with van der Waals surface area (Å²) in [5.41, 5.74) is 1.54. The zero-order valence-corrected chi connectivity index (χ0v) is 30.1. The van der Waals surface area contributed by atoms with E-state index in [1.54, 1.807) is 30.3 Å². The van der Waals surface area contributed by atoms with Crippen LogP contribution in [0.3, 0.4) is 0 Å². The second kappa shape index (κ2) is 15.3. The van der Waals surface area contributed by atoms with Gasteiger partial charge in [0.15, 0.2) is 0 Å². The van der Waals surface area contributed by atoms with Gasteiger partial charge in [0.25, 0.3) is 10.0 Å². The lowest BCUT2D eigenvalue weighted by atomic mass is 10.0. The molecule has 4 aromatic rings. The number of hydrogen-bond donors (Lipinski definition) is 1. The molecule has 0 aliphatic rings. The fraction of sp³-hybridized carbons (Fsp3) is 0.257. The second-order valence-electron chi connectivity index (χ2n) is 12.1. The van der Waals surface area contributed by atoms with Crippen molar-refractivity contribution in [2.24, 2.45) is 0 Å². The van der Waals surface area contributed by atoms with E-state index in [4.69, 9.17) is 46.4 Å². The van der Waals surface area contributed by atoms with Crippen LogP contribution in [0.5, 0.6) is 0 Å². The number of sulfonamides is 1. The molecule has 2 amide bonds. The Bertz CT molecular complexity index is 1830. The van der Waals surface area contributed by atoms with Crippen LogP contribution in [0, 0.1) is 6.92 Å². The van der Waals surface area contributed by atoms with E-state index in [0.29, 0.717) is 15.6 Å². The van der Waals surface area contributed by atoms with Gasteiger partial charge < -0.3 is 10.2 Å². The van der Waals surface area contributed by atoms with Gasteiger partial charge in [-0.3, -0.25) is 13.9 Å². The molecular formula is C35H35Cl4N3O4S. The molecular weight excluding hydrogens is 700 g/mol. The number of rotatable bonds is 11. The average molecular weight is 736 g/mol. The molecule has 0 fully saturated rings. The molecule has 0 aliphatic heterocycles. The minimum Gasteiger partial charge on any atom is -0.350 e. The second-order valence-corrected chi connectivity index (χ2v) is 15.6. The molecule has 248 valence electrons. The van der Waals surface area contributed by atoms with E-state index in [2.05, 4.69) is 5.32 Å². The number of halogens is 4. The van der Waals surface area contributed by atoms with Crippen LogP contribution >= 0.6 is 46.4 Å². The van der Waals surface area contributed by atoms with Gasteiger partial charge in [-0.2, -0.15) is 0 Å². The Balaban J connectivity index is 1.87. The van der Waals surface area contributed by atoms with E-state index in [-0.39, 0.29) is 33.6 Å². The highest BCUT2D eigenvalue weighted by molar-refractivity contribution is 7.92. The van der Waals surface area contributed by atoms with Crippen LogP contribution in [0.2, 0.25) is 20.1 Å². The maximum absolute atomic E-state index is 14.6. The maximum atomic E-state index is 14.6. The van der Waals surface area contributed by atoms with Gasteiger partial charge in [0, 0.05) is 34.1 Å². The molecule has 0 spiro atoms. The maximum Gasteiger partial charge on any atom is 0.264 e. The number of hydrogen-bond acceptors (Lipinski definition) is 4. The van der Waals surface area contributed by atoms with Gasteiger partial charge >= 0.3 is 0 Å². The number of aryl methyl sites for hydroxylation is 1. The van der Waals surface area contributed by atoms with Crippen LogP contribution in [-0.2, 0) is 32.6 Å². The van der Waals surface area contributed by atoms with Crippen LogP contribution in [0.4, 0.5) is 5.69 Å². The lowest BCUT2D eigenvalue weighted by molar-refractivity contribution is -0.140. The van der Waals surface area contributed by atoms with Gasteiger partial charge in [-0.25, -0.2) is 8.42 Å². The molecule has 0 saturated heterocycles. The summed E-state index contributed by atoms with van der Waals surface area (Å²) in [5.74, 6) is -1.10.